The van der Waals surface area contributed by atoms with Crippen molar-refractivity contribution >= 4 is 64.4 Å². The number of benzene rings is 2. The normalized spacial score (nSPS) is 10.9. The van der Waals surface area contributed by atoms with Crippen LogP contribution in [0.3, 0.4) is 0 Å². The van der Waals surface area contributed by atoms with Gasteiger partial charge < -0.3 is 30.9 Å². The first-order chi connectivity index (χ1) is 15.2. The molecule has 0 spiro atoms. The molecule has 0 radical (unpaired) electrons. The summed E-state index contributed by atoms with van der Waals surface area (Å²) in [5.41, 5.74) is 12.0. The summed E-state index contributed by atoms with van der Waals surface area (Å²) < 4.78 is 54.3. The molecule has 0 aliphatic rings. The van der Waals surface area contributed by atoms with E-state index in [-0.39, 0.29) is 39.5 Å². The molecular formula is C18H16N6O4S4Zn. The van der Waals surface area contributed by atoms with Gasteiger partial charge >= 0.3 is 19.5 Å². The van der Waals surface area contributed by atoms with Crippen LogP contribution in [-0.4, -0.2) is 26.8 Å². The second-order valence-electron chi connectivity index (χ2n) is 5.90. The van der Waals surface area contributed by atoms with Crippen molar-refractivity contribution in [1.82, 2.24) is 9.97 Å². The Bertz CT molecular complexity index is 1240. The zero-order chi connectivity index (χ0) is 23.2. The van der Waals surface area contributed by atoms with Gasteiger partial charge in [0, 0.05) is 21.6 Å². The summed E-state index contributed by atoms with van der Waals surface area (Å²) in [7, 11) is -7.37. The van der Waals surface area contributed by atoms with Crippen molar-refractivity contribution in [2.75, 3.05) is 11.5 Å². The van der Waals surface area contributed by atoms with Gasteiger partial charge in [0.1, 0.15) is 0 Å². The van der Waals surface area contributed by atoms with Crippen molar-refractivity contribution < 1.29 is 36.3 Å². The van der Waals surface area contributed by atoms with Crippen LogP contribution >= 0.6 is 22.7 Å². The number of hydrogen-bond donors (Lipinski definition) is 2. The number of rotatable bonds is 6. The van der Waals surface area contributed by atoms with Gasteiger partial charge in [-0.05, 0) is 59.3 Å². The maximum Gasteiger partial charge on any atom is 2.00 e. The Morgan fingerprint density at radius 1 is 0.636 bits per heavy atom. The fraction of sp³-hybridized carbons (Fsp3) is 0. The van der Waals surface area contributed by atoms with Crippen LogP contribution in [0.2, 0.25) is 0 Å². The summed E-state index contributed by atoms with van der Waals surface area (Å²) >= 11 is 2.33. The predicted molar refractivity (Wildman–Crippen MR) is 126 cm³/mol. The number of nitrogen functional groups attached to an aromatic ring is 2. The Morgan fingerprint density at radius 3 is 1.24 bits per heavy atom. The maximum absolute atomic E-state index is 11.8. The van der Waals surface area contributed by atoms with Gasteiger partial charge in [-0.25, -0.2) is 16.8 Å². The minimum Gasteiger partial charge on any atom is -0.433 e. The predicted octanol–water partition coefficient (Wildman–Crippen LogP) is 4.24. The van der Waals surface area contributed by atoms with E-state index in [0.717, 1.165) is 0 Å². The van der Waals surface area contributed by atoms with Gasteiger partial charge in [0.15, 0.2) is 0 Å². The quantitative estimate of drug-likeness (QED) is 0.254. The van der Waals surface area contributed by atoms with E-state index in [2.05, 4.69) is 19.4 Å². The van der Waals surface area contributed by atoms with Gasteiger partial charge in [-0.1, -0.05) is 12.4 Å². The minimum absolute atomic E-state index is 0. The molecule has 0 fully saturated rings. The van der Waals surface area contributed by atoms with Crippen molar-refractivity contribution in [2.45, 2.75) is 9.79 Å². The van der Waals surface area contributed by atoms with Crippen molar-refractivity contribution in [2.24, 2.45) is 0 Å². The Kier molecular flexibility index (Phi) is 9.31. The molecule has 168 valence electrons. The molecule has 4 N–H and O–H groups in total. The Morgan fingerprint density at radius 2 is 0.970 bits per heavy atom. The molecule has 0 amide bonds. The van der Waals surface area contributed by atoms with E-state index in [4.69, 9.17) is 11.5 Å². The first-order valence-corrected chi connectivity index (χ1v) is 13.3. The topological polar surface area (TPSA) is 174 Å². The summed E-state index contributed by atoms with van der Waals surface area (Å²) in [4.78, 5) is 7.80. The van der Waals surface area contributed by atoms with E-state index < -0.39 is 20.0 Å². The molecule has 0 bridgehead atoms. The van der Waals surface area contributed by atoms with Crippen molar-refractivity contribution in [3.8, 4) is 0 Å². The molecule has 2 heterocycles. The molecule has 0 aliphatic heterocycles. The number of sulfonamides is 2. The zero-order valence-corrected chi connectivity index (χ0v) is 23.1. The summed E-state index contributed by atoms with van der Waals surface area (Å²) in [6.45, 7) is 0. The first-order valence-electron chi connectivity index (χ1n) is 8.62. The SMILES string of the molecule is Nc1ccc(S(=O)(=O)[N-]c2nccs2)cc1.Nc1ccc(S(=O)(=O)[N-]c2nccs2)cc1.[Zn+2]. The Labute approximate surface area is 212 Å². The number of anilines is 2. The molecule has 10 nitrogen and oxygen atoms in total. The van der Waals surface area contributed by atoms with Crippen LogP contribution in [0.5, 0.6) is 0 Å². The van der Waals surface area contributed by atoms with Crippen molar-refractivity contribution in [3.63, 3.8) is 0 Å². The summed E-state index contributed by atoms with van der Waals surface area (Å²) in [6, 6.07) is 11.7. The number of thiazole rings is 2. The van der Waals surface area contributed by atoms with Gasteiger partial charge in [0.2, 0.25) is 20.0 Å². The number of hydrogen-bond acceptors (Lipinski definition) is 10. The number of nitrogens with zero attached hydrogens (tertiary/aromatic N) is 4. The Hall–Kier alpha value is -2.58. The van der Waals surface area contributed by atoms with Crippen molar-refractivity contribution in [1.29, 1.82) is 0 Å². The van der Waals surface area contributed by atoms with Gasteiger partial charge in [-0.3, -0.25) is 0 Å². The maximum atomic E-state index is 11.8. The average Bonchev–Trinajstić information content (AvgIpc) is 3.43. The summed E-state index contributed by atoms with van der Waals surface area (Å²) in [6.07, 6.45) is 3.00. The molecule has 0 saturated heterocycles. The molecule has 0 atom stereocenters. The molecule has 2 aromatic heterocycles. The smallest absolute Gasteiger partial charge is 0.433 e. The van der Waals surface area contributed by atoms with Gasteiger partial charge in [-0.15, -0.1) is 0 Å². The molecule has 15 heteroatoms. The van der Waals surface area contributed by atoms with Gasteiger partial charge in [-0.2, -0.15) is 22.7 Å². The fourth-order valence-electron chi connectivity index (χ4n) is 2.11. The van der Waals surface area contributed by atoms with E-state index in [0.29, 0.717) is 11.4 Å². The molecule has 0 aliphatic carbocycles. The summed E-state index contributed by atoms with van der Waals surface area (Å²) in [5.74, 6) is 0. The average molecular weight is 574 g/mol. The molecule has 4 rings (SSSR count). The fourth-order valence-corrected chi connectivity index (χ4v) is 5.45. The molecule has 33 heavy (non-hydrogen) atoms. The van der Waals surface area contributed by atoms with E-state index >= 15 is 0 Å². The third-order valence-corrected chi connectivity index (χ3v) is 7.72. The summed E-state index contributed by atoms with van der Waals surface area (Å²) in [5, 5.41) is 3.77. The monoisotopic (exact) mass is 572 g/mol. The van der Waals surface area contributed by atoms with E-state index in [9.17, 15) is 16.8 Å². The van der Waals surface area contributed by atoms with Crippen LogP contribution in [0.4, 0.5) is 21.6 Å². The molecule has 4 aromatic rings. The van der Waals surface area contributed by atoms with Crippen LogP contribution in [0, 0.1) is 0 Å². The van der Waals surface area contributed by atoms with Crippen LogP contribution in [0.15, 0.2) is 81.5 Å². The van der Waals surface area contributed by atoms with Crippen LogP contribution in [0.1, 0.15) is 0 Å². The number of aromatic nitrogens is 2. The third-order valence-electron chi connectivity index (χ3n) is 3.59. The van der Waals surface area contributed by atoms with E-state index in [1.54, 1.807) is 10.8 Å². The second-order valence-corrected chi connectivity index (χ2v) is 10.9. The first kappa shape index (κ1) is 26.7. The molecule has 0 saturated carbocycles. The molecular weight excluding hydrogens is 558 g/mol. The standard InChI is InChI=1S/2C9H8N3O2S2.Zn/c2*10-7-1-3-8(4-2-7)16(13,14)12-9-11-5-6-15-9;/h2*1-6H,10H2;/q2*-1;+2. The second kappa shape index (κ2) is 11.5. The van der Waals surface area contributed by atoms with Gasteiger partial charge in [0.05, 0.1) is 9.79 Å². The van der Waals surface area contributed by atoms with Gasteiger partial charge in [0.25, 0.3) is 0 Å². The zero-order valence-electron chi connectivity index (χ0n) is 16.8. The van der Waals surface area contributed by atoms with Crippen molar-refractivity contribution in [3.05, 3.63) is 81.1 Å². The van der Waals surface area contributed by atoms with E-state index in [1.807, 2.05) is 0 Å². The Balaban J connectivity index is 0.000000227. The third kappa shape index (κ3) is 7.75. The van der Waals surface area contributed by atoms with Crippen LogP contribution < -0.4 is 11.5 Å². The van der Waals surface area contributed by atoms with E-state index in [1.165, 1.54) is 83.6 Å². The van der Waals surface area contributed by atoms with Crippen LogP contribution in [0.25, 0.3) is 9.44 Å². The molecule has 2 aromatic carbocycles. The minimum atomic E-state index is -3.68. The largest absolute Gasteiger partial charge is 2.00 e. The number of nitrogens with two attached hydrogens (primary N) is 2. The van der Waals surface area contributed by atoms with Crippen LogP contribution in [-0.2, 0) is 39.5 Å². The molecule has 0 unspecified atom stereocenters.